The van der Waals surface area contributed by atoms with Crippen LogP contribution in [0.4, 0.5) is 4.39 Å². The topological polar surface area (TPSA) is 57.8 Å². The first kappa shape index (κ1) is 16.3. The molecule has 0 spiro atoms. The van der Waals surface area contributed by atoms with E-state index in [2.05, 4.69) is 15.3 Å². The second-order valence-electron chi connectivity index (χ2n) is 6.34. The monoisotopic (exact) mass is 347 g/mol. The van der Waals surface area contributed by atoms with E-state index in [1.165, 1.54) is 6.07 Å². The molecule has 0 bridgehead atoms. The van der Waals surface area contributed by atoms with E-state index in [4.69, 9.17) is 0 Å². The molecule has 0 radical (unpaired) electrons. The lowest BCUT2D eigenvalue weighted by molar-refractivity contribution is 0.0946. The molecule has 0 saturated heterocycles. The maximum Gasteiger partial charge on any atom is 0.253 e. The third kappa shape index (κ3) is 3.04. The maximum atomic E-state index is 13.6. The van der Waals surface area contributed by atoms with Crippen LogP contribution < -0.4 is 5.32 Å². The summed E-state index contributed by atoms with van der Waals surface area (Å²) in [4.78, 5) is 19.6. The molecule has 1 aliphatic heterocycles. The number of hydrogen-bond acceptors (Lipinski definition) is 2. The molecule has 0 aliphatic carbocycles. The van der Waals surface area contributed by atoms with Gasteiger partial charge in [0.2, 0.25) is 0 Å². The summed E-state index contributed by atoms with van der Waals surface area (Å²) >= 11 is 0. The average molecular weight is 347 g/mol. The van der Waals surface area contributed by atoms with Crippen LogP contribution in [0, 0.1) is 12.7 Å². The van der Waals surface area contributed by atoms with E-state index >= 15 is 0 Å². The van der Waals surface area contributed by atoms with E-state index in [1.807, 2.05) is 36.4 Å². The molecule has 3 heterocycles. The van der Waals surface area contributed by atoms with Crippen LogP contribution in [-0.4, -0.2) is 22.4 Å². The molecule has 4 rings (SSSR count). The van der Waals surface area contributed by atoms with Crippen LogP contribution in [0.1, 0.15) is 32.9 Å². The van der Waals surface area contributed by atoms with E-state index in [9.17, 15) is 9.18 Å². The smallest absolute Gasteiger partial charge is 0.253 e. The largest absolute Gasteiger partial charge is 0.358 e. The van der Waals surface area contributed by atoms with Gasteiger partial charge in [-0.15, -0.1) is 0 Å². The molecule has 0 atom stereocenters. The van der Waals surface area contributed by atoms with Crippen molar-refractivity contribution in [3.8, 4) is 11.3 Å². The van der Waals surface area contributed by atoms with Gasteiger partial charge in [-0.2, -0.15) is 0 Å². The lowest BCUT2D eigenvalue weighted by Gasteiger charge is -2.10. The molecule has 1 amide bonds. The summed E-state index contributed by atoms with van der Waals surface area (Å²) in [7, 11) is 0. The van der Waals surface area contributed by atoms with Crippen LogP contribution in [0.15, 0.2) is 42.6 Å². The lowest BCUT2D eigenvalue weighted by atomic mass is 10.1. The minimum absolute atomic E-state index is 0.0375. The van der Waals surface area contributed by atoms with Gasteiger partial charge in [0.1, 0.15) is 5.82 Å². The van der Waals surface area contributed by atoms with Gasteiger partial charge in [-0.3, -0.25) is 9.78 Å². The number of benzene rings is 1. The number of aromatic amines is 1. The Morgan fingerprint density at radius 2 is 2.08 bits per heavy atom. The fourth-order valence-corrected chi connectivity index (χ4v) is 3.14. The standard InChI is InChI=1S/C21H18FN3O/c1-13-14(3-2-4-18(13)22)5-6-16-11-15(7-9-23-16)20-12-17-19(25-20)8-10-24-21(17)26/h2-7,9,11-12,25H,8,10H2,1H3,(H,24,26)/b6-5-. The van der Waals surface area contributed by atoms with Crippen LogP contribution in [0.5, 0.6) is 0 Å². The fraction of sp³-hybridized carbons (Fsp3) is 0.143. The Morgan fingerprint density at radius 3 is 2.92 bits per heavy atom. The predicted molar refractivity (Wildman–Crippen MR) is 100 cm³/mol. The molecule has 5 heteroatoms. The highest BCUT2D eigenvalue weighted by molar-refractivity contribution is 5.97. The van der Waals surface area contributed by atoms with E-state index in [0.717, 1.165) is 34.6 Å². The number of carbonyl (C=O) groups excluding carboxylic acids is 1. The number of fused-ring (bicyclic) bond motifs is 1. The summed E-state index contributed by atoms with van der Waals surface area (Å²) in [5.74, 6) is -0.256. The van der Waals surface area contributed by atoms with Gasteiger partial charge in [0, 0.05) is 36.1 Å². The van der Waals surface area contributed by atoms with E-state index in [-0.39, 0.29) is 11.7 Å². The lowest BCUT2D eigenvalue weighted by Crippen LogP contribution is -2.31. The minimum atomic E-state index is -0.218. The molecular formula is C21H18FN3O. The summed E-state index contributed by atoms with van der Waals surface area (Å²) in [5, 5.41) is 2.85. The number of pyridine rings is 1. The number of H-pyrrole nitrogens is 1. The van der Waals surface area contributed by atoms with Crippen molar-refractivity contribution >= 4 is 18.1 Å². The van der Waals surface area contributed by atoms with Gasteiger partial charge in [0.25, 0.3) is 5.91 Å². The van der Waals surface area contributed by atoms with Crippen LogP contribution in [0.25, 0.3) is 23.4 Å². The second-order valence-corrected chi connectivity index (χ2v) is 6.34. The van der Waals surface area contributed by atoms with E-state index in [0.29, 0.717) is 17.7 Å². The van der Waals surface area contributed by atoms with Crippen molar-refractivity contribution in [3.05, 3.63) is 76.5 Å². The predicted octanol–water partition coefficient (Wildman–Crippen LogP) is 3.98. The Bertz CT molecular complexity index is 1020. The Kier molecular flexibility index (Phi) is 4.13. The Labute approximate surface area is 150 Å². The summed E-state index contributed by atoms with van der Waals surface area (Å²) in [6.07, 6.45) is 6.25. The Morgan fingerprint density at radius 1 is 1.19 bits per heavy atom. The number of nitrogens with one attached hydrogen (secondary N) is 2. The molecule has 0 fully saturated rings. The van der Waals surface area contributed by atoms with Crippen LogP contribution in [0.3, 0.4) is 0 Å². The summed E-state index contributed by atoms with van der Waals surface area (Å²) in [5.41, 5.74) is 5.72. The van der Waals surface area contributed by atoms with Crippen molar-refractivity contribution in [1.82, 2.24) is 15.3 Å². The molecule has 3 aromatic rings. The third-order valence-electron chi connectivity index (χ3n) is 4.64. The minimum Gasteiger partial charge on any atom is -0.358 e. The van der Waals surface area contributed by atoms with Crippen molar-refractivity contribution in [1.29, 1.82) is 0 Å². The van der Waals surface area contributed by atoms with E-state index in [1.54, 1.807) is 19.2 Å². The van der Waals surface area contributed by atoms with Gasteiger partial charge in [0.15, 0.2) is 0 Å². The first-order chi connectivity index (χ1) is 12.6. The van der Waals surface area contributed by atoms with Crippen LogP contribution >= 0.6 is 0 Å². The molecule has 1 aromatic carbocycles. The SMILES string of the molecule is Cc1c(F)cccc1/C=C\c1cc(-c2cc3c([nH]2)CCNC3=O)ccn1. The van der Waals surface area contributed by atoms with Gasteiger partial charge < -0.3 is 10.3 Å². The zero-order valence-corrected chi connectivity index (χ0v) is 14.3. The molecule has 130 valence electrons. The highest BCUT2D eigenvalue weighted by atomic mass is 19.1. The summed E-state index contributed by atoms with van der Waals surface area (Å²) < 4.78 is 13.6. The number of nitrogens with zero attached hydrogens (tertiary/aromatic N) is 1. The third-order valence-corrected chi connectivity index (χ3v) is 4.64. The number of hydrogen-bond donors (Lipinski definition) is 2. The normalized spacial score (nSPS) is 13.7. The summed E-state index contributed by atoms with van der Waals surface area (Å²) in [6, 6.07) is 10.7. The number of rotatable bonds is 3. The van der Waals surface area contributed by atoms with Gasteiger partial charge in [-0.25, -0.2) is 4.39 Å². The maximum absolute atomic E-state index is 13.6. The zero-order chi connectivity index (χ0) is 18.1. The van der Waals surface area contributed by atoms with Crippen molar-refractivity contribution < 1.29 is 9.18 Å². The van der Waals surface area contributed by atoms with Gasteiger partial charge >= 0.3 is 0 Å². The summed E-state index contributed by atoms with van der Waals surface area (Å²) in [6.45, 7) is 2.41. The molecule has 4 nitrogen and oxygen atoms in total. The van der Waals surface area contributed by atoms with Crippen LogP contribution in [0.2, 0.25) is 0 Å². The van der Waals surface area contributed by atoms with Gasteiger partial charge in [0.05, 0.1) is 11.3 Å². The zero-order valence-electron chi connectivity index (χ0n) is 14.3. The van der Waals surface area contributed by atoms with Crippen LogP contribution in [-0.2, 0) is 6.42 Å². The van der Waals surface area contributed by atoms with Crippen molar-refractivity contribution in [2.75, 3.05) is 6.54 Å². The number of halogens is 1. The first-order valence-electron chi connectivity index (χ1n) is 8.51. The van der Waals surface area contributed by atoms with E-state index < -0.39 is 0 Å². The molecule has 2 aromatic heterocycles. The highest BCUT2D eigenvalue weighted by Gasteiger charge is 2.19. The van der Waals surface area contributed by atoms with Crippen molar-refractivity contribution in [2.45, 2.75) is 13.3 Å². The van der Waals surface area contributed by atoms with Gasteiger partial charge in [-0.05, 0) is 48.4 Å². The fourth-order valence-electron chi connectivity index (χ4n) is 3.14. The van der Waals surface area contributed by atoms with Crippen molar-refractivity contribution in [3.63, 3.8) is 0 Å². The molecule has 2 N–H and O–H groups in total. The molecule has 0 unspecified atom stereocenters. The Hall–Kier alpha value is -3.21. The second kappa shape index (κ2) is 6.59. The number of aromatic nitrogens is 2. The quantitative estimate of drug-likeness (QED) is 0.753. The van der Waals surface area contributed by atoms with Crippen molar-refractivity contribution in [2.24, 2.45) is 0 Å². The molecule has 0 saturated carbocycles. The highest BCUT2D eigenvalue weighted by Crippen LogP contribution is 2.25. The average Bonchev–Trinajstić information content (AvgIpc) is 3.09. The number of amides is 1. The molecular weight excluding hydrogens is 329 g/mol. The molecule has 26 heavy (non-hydrogen) atoms. The first-order valence-corrected chi connectivity index (χ1v) is 8.51. The van der Waals surface area contributed by atoms with Gasteiger partial charge in [-0.1, -0.05) is 18.2 Å². The number of carbonyl (C=O) groups is 1. The molecule has 1 aliphatic rings. The Balaban J connectivity index is 1.64.